The van der Waals surface area contributed by atoms with Gasteiger partial charge in [-0.1, -0.05) is 36.9 Å². The van der Waals surface area contributed by atoms with Crippen molar-refractivity contribution in [1.82, 2.24) is 20.5 Å². The number of aromatic amines is 1. The van der Waals surface area contributed by atoms with Crippen LogP contribution in [0, 0.1) is 0 Å². The summed E-state index contributed by atoms with van der Waals surface area (Å²) in [6.45, 7) is 7.86. The van der Waals surface area contributed by atoms with Crippen LogP contribution in [0.15, 0.2) is 102 Å². The Bertz CT molecular complexity index is 1360. The maximum atomic E-state index is 13.0. The highest BCUT2D eigenvalue weighted by atomic mass is 19.4. The number of hydrogen-bond acceptors (Lipinski definition) is 4. The van der Waals surface area contributed by atoms with Crippen molar-refractivity contribution in [1.29, 1.82) is 0 Å². The van der Waals surface area contributed by atoms with E-state index in [9.17, 15) is 13.2 Å². The molecule has 0 aliphatic heterocycles. The van der Waals surface area contributed by atoms with Gasteiger partial charge in [-0.2, -0.15) is 23.3 Å². The summed E-state index contributed by atoms with van der Waals surface area (Å²) in [5, 5.41) is 13.4. The molecule has 7 nitrogen and oxygen atoms in total. The van der Waals surface area contributed by atoms with Crippen molar-refractivity contribution >= 4 is 29.6 Å². The Morgan fingerprint density at radius 1 is 1.11 bits per heavy atom. The highest BCUT2D eigenvalue weighted by Crippen LogP contribution is 2.29. The van der Waals surface area contributed by atoms with E-state index in [2.05, 4.69) is 42.4 Å². The number of anilines is 1. The largest absolute Gasteiger partial charge is 0.416 e. The van der Waals surface area contributed by atoms with Crippen molar-refractivity contribution in [2.45, 2.75) is 26.6 Å². The van der Waals surface area contributed by atoms with Crippen LogP contribution in [0.2, 0.25) is 0 Å². The monoisotopic (exact) mass is 519 g/mol. The summed E-state index contributed by atoms with van der Waals surface area (Å²) in [6, 6.07) is 10.6. The van der Waals surface area contributed by atoms with Gasteiger partial charge in [0, 0.05) is 30.7 Å². The summed E-state index contributed by atoms with van der Waals surface area (Å²) in [4.78, 5) is 13.2. The second-order valence-corrected chi connectivity index (χ2v) is 7.98. The van der Waals surface area contributed by atoms with Crippen LogP contribution in [0.4, 0.5) is 19.0 Å². The first kappa shape index (κ1) is 27.9. The van der Waals surface area contributed by atoms with E-state index in [-0.39, 0.29) is 5.96 Å². The molecule has 196 valence electrons. The van der Waals surface area contributed by atoms with E-state index < -0.39 is 11.7 Å². The van der Waals surface area contributed by atoms with Gasteiger partial charge >= 0.3 is 6.18 Å². The van der Waals surface area contributed by atoms with Crippen LogP contribution in [0.3, 0.4) is 0 Å². The van der Waals surface area contributed by atoms with E-state index in [1.807, 2.05) is 31.2 Å². The maximum absolute atomic E-state index is 13.0. The summed E-state index contributed by atoms with van der Waals surface area (Å²) in [6.07, 6.45) is 9.20. The SMILES string of the molecule is C=C/C=C(/N=C(N=C(C)/C=C/c1cccc(C(F)(F)F)c1)Nc1cc(/C=C/C)[nH]n1)NCc1ccncc1. The molecule has 0 spiro atoms. The number of allylic oxidation sites excluding steroid dienone is 4. The predicted molar refractivity (Wildman–Crippen MR) is 147 cm³/mol. The lowest BCUT2D eigenvalue weighted by Crippen LogP contribution is -2.17. The minimum atomic E-state index is -4.41. The molecular weight excluding hydrogens is 491 g/mol. The highest BCUT2D eigenvalue weighted by Gasteiger charge is 2.30. The van der Waals surface area contributed by atoms with Crippen LogP contribution in [-0.2, 0) is 12.7 Å². The molecule has 0 aliphatic carbocycles. The summed E-state index contributed by atoms with van der Waals surface area (Å²) in [5.41, 5.74) is 1.98. The number of pyridine rings is 1. The Kier molecular flexibility index (Phi) is 9.93. The molecular formula is C28H28F3N7. The zero-order valence-corrected chi connectivity index (χ0v) is 21.0. The predicted octanol–water partition coefficient (Wildman–Crippen LogP) is 6.62. The van der Waals surface area contributed by atoms with E-state index in [4.69, 9.17) is 0 Å². The summed E-state index contributed by atoms with van der Waals surface area (Å²) >= 11 is 0. The number of H-pyrrole nitrogens is 1. The Labute approximate surface area is 219 Å². The van der Waals surface area contributed by atoms with Crippen LogP contribution >= 0.6 is 0 Å². The Morgan fingerprint density at radius 3 is 2.61 bits per heavy atom. The van der Waals surface area contributed by atoms with Gasteiger partial charge in [-0.3, -0.25) is 10.1 Å². The molecule has 0 radical (unpaired) electrons. The number of hydrogen-bond donors (Lipinski definition) is 3. The zero-order valence-electron chi connectivity index (χ0n) is 21.0. The molecule has 0 unspecified atom stereocenters. The second-order valence-electron chi connectivity index (χ2n) is 7.98. The second kappa shape index (κ2) is 13.5. The third-order valence-electron chi connectivity index (χ3n) is 4.92. The number of rotatable bonds is 9. The number of halogens is 3. The van der Waals surface area contributed by atoms with Crippen molar-refractivity contribution in [2.75, 3.05) is 5.32 Å². The number of benzene rings is 1. The Morgan fingerprint density at radius 2 is 1.89 bits per heavy atom. The third kappa shape index (κ3) is 9.05. The van der Waals surface area contributed by atoms with Gasteiger partial charge < -0.3 is 10.6 Å². The molecule has 3 aromatic rings. The summed E-state index contributed by atoms with van der Waals surface area (Å²) in [7, 11) is 0. The quantitative estimate of drug-likeness (QED) is 0.168. The third-order valence-corrected chi connectivity index (χ3v) is 4.92. The number of guanidine groups is 1. The lowest BCUT2D eigenvalue weighted by Gasteiger charge is -2.09. The summed E-state index contributed by atoms with van der Waals surface area (Å²) < 4.78 is 39.1. The molecule has 38 heavy (non-hydrogen) atoms. The van der Waals surface area contributed by atoms with E-state index in [0.717, 1.165) is 23.4 Å². The first-order valence-corrected chi connectivity index (χ1v) is 11.7. The van der Waals surface area contributed by atoms with Gasteiger partial charge in [0.15, 0.2) is 5.82 Å². The number of alkyl halides is 3. The number of aliphatic imine (C=N–C) groups is 2. The van der Waals surface area contributed by atoms with Crippen molar-refractivity contribution in [3.8, 4) is 0 Å². The van der Waals surface area contributed by atoms with Crippen LogP contribution in [-0.4, -0.2) is 26.9 Å². The minimum Gasteiger partial charge on any atom is -0.366 e. The first-order chi connectivity index (χ1) is 18.3. The van der Waals surface area contributed by atoms with Crippen LogP contribution in [0.5, 0.6) is 0 Å². The molecule has 10 heteroatoms. The molecule has 0 amide bonds. The Balaban J connectivity index is 1.88. The van der Waals surface area contributed by atoms with Gasteiger partial charge in [0.2, 0.25) is 5.96 Å². The maximum Gasteiger partial charge on any atom is 0.416 e. The average molecular weight is 520 g/mol. The molecule has 0 fully saturated rings. The fourth-order valence-electron chi connectivity index (χ4n) is 3.16. The normalized spacial score (nSPS) is 13.3. The average Bonchev–Trinajstić information content (AvgIpc) is 3.33. The summed E-state index contributed by atoms with van der Waals surface area (Å²) in [5.74, 6) is 1.19. The lowest BCUT2D eigenvalue weighted by molar-refractivity contribution is -0.137. The van der Waals surface area contributed by atoms with Gasteiger partial charge in [-0.05, 0) is 67.5 Å². The number of aromatic nitrogens is 3. The standard InChI is InChI=1S/C28H28F3N7/c1-4-7-24-18-26(38-37-24)36-27(35-25(8-5-2)33-19-22-13-15-32-16-14-22)34-20(3)11-12-21-9-6-10-23(17-21)28(29,30)31/h4-18,33H,2,19H2,1,3H3,(H2,35,36,37,38)/b7-4+,12-11+,25-8+,34-20?. The molecule has 0 aliphatic rings. The van der Waals surface area contributed by atoms with Crippen molar-refractivity contribution in [3.05, 3.63) is 114 Å². The van der Waals surface area contributed by atoms with Gasteiger partial charge in [-0.15, -0.1) is 0 Å². The Hall–Kier alpha value is -4.73. The van der Waals surface area contributed by atoms with Gasteiger partial charge in [0.1, 0.15) is 5.82 Å². The highest BCUT2D eigenvalue weighted by molar-refractivity contribution is 6.07. The zero-order chi connectivity index (χ0) is 27.4. The number of nitrogens with one attached hydrogen (secondary N) is 3. The van der Waals surface area contributed by atoms with E-state index in [0.29, 0.717) is 29.5 Å². The number of nitrogens with zero attached hydrogens (tertiary/aromatic N) is 4. The molecule has 0 saturated carbocycles. The van der Waals surface area contributed by atoms with E-state index >= 15 is 0 Å². The molecule has 0 saturated heterocycles. The van der Waals surface area contributed by atoms with Crippen LogP contribution in [0.25, 0.3) is 12.2 Å². The first-order valence-electron chi connectivity index (χ1n) is 11.7. The smallest absolute Gasteiger partial charge is 0.366 e. The van der Waals surface area contributed by atoms with Crippen molar-refractivity contribution < 1.29 is 13.2 Å². The van der Waals surface area contributed by atoms with Gasteiger partial charge in [-0.25, -0.2) is 4.99 Å². The van der Waals surface area contributed by atoms with Crippen LogP contribution < -0.4 is 10.6 Å². The molecule has 1 aromatic carbocycles. The minimum absolute atomic E-state index is 0.213. The lowest BCUT2D eigenvalue weighted by atomic mass is 10.1. The fraction of sp³-hybridized carbons (Fsp3) is 0.143. The molecule has 2 aromatic heterocycles. The van der Waals surface area contributed by atoms with Gasteiger partial charge in [0.25, 0.3) is 0 Å². The molecule has 3 N–H and O–H groups in total. The molecule has 3 rings (SSSR count). The molecule has 0 atom stereocenters. The van der Waals surface area contributed by atoms with Crippen molar-refractivity contribution in [2.24, 2.45) is 9.98 Å². The fourth-order valence-corrected chi connectivity index (χ4v) is 3.16. The van der Waals surface area contributed by atoms with Crippen LogP contribution in [0.1, 0.15) is 36.2 Å². The van der Waals surface area contributed by atoms with E-state index in [1.165, 1.54) is 6.07 Å². The van der Waals surface area contributed by atoms with Crippen molar-refractivity contribution in [3.63, 3.8) is 0 Å². The van der Waals surface area contributed by atoms with E-state index in [1.54, 1.807) is 55.8 Å². The topological polar surface area (TPSA) is 90.4 Å². The molecule has 2 heterocycles. The van der Waals surface area contributed by atoms with Gasteiger partial charge in [0.05, 0.1) is 11.3 Å². The molecule has 0 bridgehead atoms.